The third kappa shape index (κ3) is 2.55. The molecule has 0 unspecified atom stereocenters. The highest BCUT2D eigenvalue weighted by atomic mass is 19.1. The zero-order valence-electron chi connectivity index (χ0n) is 12.9. The van der Waals surface area contributed by atoms with Crippen molar-refractivity contribution in [3.8, 4) is 22.3 Å². The minimum absolute atomic E-state index is 0.118. The number of Topliss-reactive ketones (excluding diaryl/α,β-unsaturated/α-hetero) is 2. The van der Waals surface area contributed by atoms with Crippen molar-refractivity contribution in [3.63, 3.8) is 0 Å². The molecular weight excluding hydrogens is 291 g/mol. The average molecular weight is 306 g/mol. The van der Waals surface area contributed by atoms with E-state index in [2.05, 4.69) is 0 Å². The number of hydrogen-bond donors (Lipinski definition) is 0. The molecule has 0 saturated carbocycles. The third-order valence-corrected chi connectivity index (χ3v) is 3.91. The van der Waals surface area contributed by atoms with Crippen LogP contribution in [0.3, 0.4) is 0 Å². The Hall–Kier alpha value is -2.81. The second-order valence-electron chi connectivity index (χ2n) is 5.48. The lowest BCUT2D eigenvalue weighted by Crippen LogP contribution is -1.97. The van der Waals surface area contributed by atoms with Crippen LogP contribution < -0.4 is 0 Å². The second-order valence-corrected chi connectivity index (χ2v) is 5.48. The first-order valence-electron chi connectivity index (χ1n) is 7.33. The van der Waals surface area contributed by atoms with E-state index in [0.29, 0.717) is 22.3 Å². The Bertz CT molecular complexity index is 830. The first-order valence-corrected chi connectivity index (χ1v) is 7.33. The van der Waals surface area contributed by atoms with Crippen molar-refractivity contribution >= 4 is 11.6 Å². The minimum Gasteiger partial charge on any atom is -0.294 e. The van der Waals surface area contributed by atoms with Gasteiger partial charge in [-0.15, -0.1) is 0 Å². The fourth-order valence-electron chi connectivity index (χ4n) is 3.01. The molecule has 1 aromatic rings. The number of carbonyl (C=O) groups is 2. The van der Waals surface area contributed by atoms with Gasteiger partial charge in [0.1, 0.15) is 5.82 Å². The maximum Gasteiger partial charge on any atom is 0.161 e. The summed E-state index contributed by atoms with van der Waals surface area (Å²) >= 11 is 0. The zero-order valence-corrected chi connectivity index (χ0v) is 12.9. The average Bonchev–Trinajstić information content (AvgIpc) is 2.65. The van der Waals surface area contributed by atoms with Crippen LogP contribution in [0.5, 0.6) is 0 Å². The van der Waals surface area contributed by atoms with E-state index in [4.69, 9.17) is 0 Å². The Kier molecular flexibility index (Phi) is 3.78. The highest BCUT2D eigenvalue weighted by molar-refractivity contribution is 6.19. The first-order chi connectivity index (χ1) is 11.0. The van der Waals surface area contributed by atoms with E-state index >= 15 is 0 Å². The molecule has 0 fully saturated rings. The van der Waals surface area contributed by atoms with Gasteiger partial charge in [-0.3, -0.25) is 9.59 Å². The molecule has 0 amide bonds. The summed E-state index contributed by atoms with van der Waals surface area (Å²) in [6.45, 7) is 2.97. The van der Waals surface area contributed by atoms with Crippen molar-refractivity contribution in [2.24, 2.45) is 0 Å². The van der Waals surface area contributed by atoms with E-state index in [9.17, 15) is 14.0 Å². The van der Waals surface area contributed by atoms with Gasteiger partial charge in [0.2, 0.25) is 0 Å². The van der Waals surface area contributed by atoms with Gasteiger partial charge in [0.25, 0.3) is 0 Å². The van der Waals surface area contributed by atoms with E-state index in [-0.39, 0.29) is 17.4 Å². The molecule has 23 heavy (non-hydrogen) atoms. The Morgan fingerprint density at radius 3 is 1.65 bits per heavy atom. The molecule has 3 rings (SSSR count). The van der Waals surface area contributed by atoms with Gasteiger partial charge in [0, 0.05) is 16.7 Å². The lowest BCUT2D eigenvalue weighted by Gasteiger charge is -2.05. The van der Waals surface area contributed by atoms with Crippen LogP contribution in [0.4, 0.5) is 4.39 Å². The van der Waals surface area contributed by atoms with Crippen molar-refractivity contribution in [2.75, 3.05) is 0 Å². The van der Waals surface area contributed by atoms with Crippen molar-refractivity contribution in [1.29, 1.82) is 0 Å². The molecule has 0 aliphatic heterocycles. The number of carbonyl (C=O) groups excluding carboxylic acids is 2. The standard InChI is InChI=1S/C20H15FO2/c1-12(22)18-16-6-4-3-5-7-17(16)19(13(2)23)20(18)14-8-10-15(21)11-9-14/h3-11H,1-2H3. The molecule has 0 spiro atoms. The van der Waals surface area contributed by atoms with Gasteiger partial charge in [0.15, 0.2) is 11.6 Å². The van der Waals surface area contributed by atoms with Crippen LogP contribution in [0, 0.1) is 5.82 Å². The molecule has 0 N–H and O–H groups in total. The maximum atomic E-state index is 13.2. The fraction of sp³-hybridized carbons (Fsp3) is 0.100. The molecule has 2 nitrogen and oxygen atoms in total. The van der Waals surface area contributed by atoms with Crippen LogP contribution in [0.15, 0.2) is 54.6 Å². The highest BCUT2D eigenvalue weighted by Crippen LogP contribution is 2.42. The molecule has 0 heterocycles. The third-order valence-electron chi connectivity index (χ3n) is 3.91. The summed E-state index contributed by atoms with van der Waals surface area (Å²) in [5.41, 5.74) is 3.76. The Balaban J connectivity index is 2.47. The van der Waals surface area contributed by atoms with Crippen LogP contribution in [-0.2, 0) is 0 Å². The quantitative estimate of drug-likeness (QED) is 0.638. The molecule has 0 saturated heterocycles. The van der Waals surface area contributed by atoms with Crippen molar-refractivity contribution in [1.82, 2.24) is 0 Å². The van der Waals surface area contributed by atoms with Crippen molar-refractivity contribution in [2.45, 2.75) is 13.8 Å². The van der Waals surface area contributed by atoms with Gasteiger partial charge in [-0.1, -0.05) is 42.5 Å². The van der Waals surface area contributed by atoms with E-state index in [0.717, 1.165) is 11.1 Å². The molecule has 2 aliphatic rings. The Morgan fingerprint density at radius 2 is 1.22 bits per heavy atom. The van der Waals surface area contributed by atoms with Gasteiger partial charge in [-0.2, -0.15) is 0 Å². The second kappa shape index (κ2) is 5.76. The maximum absolute atomic E-state index is 13.2. The largest absolute Gasteiger partial charge is 0.294 e. The number of halogens is 1. The monoisotopic (exact) mass is 306 g/mol. The molecule has 0 aromatic heterocycles. The van der Waals surface area contributed by atoms with Crippen LogP contribution in [0.2, 0.25) is 0 Å². The van der Waals surface area contributed by atoms with Gasteiger partial charge in [-0.25, -0.2) is 4.39 Å². The van der Waals surface area contributed by atoms with Crippen LogP contribution in [0.1, 0.15) is 34.6 Å². The van der Waals surface area contributed by atoms with E-state index in [1.54, 1.807) is 12.1 Å². The molecule has 114 valence electrons. The SMILES string of the molecule is CC(=O)c1c2cccccc-2c(C(C)=O)c1-c1ccc(F)cc1. The Morgan fingerprint density at radius 1 is 0.739 bits per heavy atom. The summed E-state index contributed by atoms with van der Waals surface area (Å²) in [6, 6.07) is 15.1. The highest BCUT2D eigenvalue weighted by Gasteiger charge is 2.27. The van der Waals surface area contributed by atoms with Crippen molar-refractivity contribution in [3.05, 3.63) is 71.5 Å². The van der Waals surface area contributed by atoms with Gasteiger partial charge < -0.3 is 0 Å². The summed E-state index contributed by atoms with van der Waals surface area (Å²) in [4.78, 5) is 24.5. The van der Waals surface area contributed by atoms with Crippen LogP contribution >= 0.6 is 0 Å². The summed E-state index contributed by atoms with van der Waals surface area (Å²) < 4.78 is 13.2. The topological polar surface area (TPSA) is 34.1 Å². The first kappa shape index (κ1) is 15.1. The molecule has 0 atom stereocenters. The number of ketones is 2. The van der Waals surface area contributed by atoms with Gasteiger partial charge in [-0.05, 0) is 42.7 Å². The van der Waals surface area contributed by atoms with E-state index in [1.165, 1.54) is 26.0 Å². The molecule has 0 radical (unpaired) electrons. The summed E-state index contributed by atoms with van der Waals surface area (Å²) in [5, 5.41) is 0. The van der Waals surface area contributed by atoms with Crippen LogP contribution in [0.25, 0.3) is 22.3 Å². The number of hydrogen-bond acceptors (Lipinski definition) is 2. The smallest absolute Gasteiger partial charge is 0.161 e. The lowest BCUT2D eigenvalue weighted by atomic mass is 9.97. The number of benzene rings is 1. The van der Waals surface area contributed by atoms with E-state index in [1.807, 2.05) is 30.3 Å². The normalized spacial score (nSPS) is 10.7. The number of rotatable bonds is 3. The molecule has 1 aromatic carbocycles. The molecule has 2 aliphatic carbocycles. The summed E-state index contributed by atoms with van der Waals surface area (Å²) in [5.74, 6) is -0.592. The summed E-state index contributed by atoms with van der Waals surface area (Å²) in [6.07, 6.45) is 0. The predicted molar refractivity (Wildman–Crippen MR) is 88.5 cm³/mol. The molecule has 0 bridgehead atoms. The molecule has 3 heteroatoms. The minimum atomic E-state index is -0.356. The molecular formula is C20H15FO2. The predicted octanol–water partition coefficient (Wildman–Crippen LogP) is 5.00. The fourth-order valence-corrected chi connectivity index (χ4v) is 3.01. The van der Waals surface area contributed by atoms with Gasteiger partial charge >= 0.3 is 0 Å². The van der Waals surface area contributed by atoms with Gasteiger partial charge in [0.05, 0.1) is 0 Å². The Labute approximate surface area is 133 Å². The zero-order chi connectivity index (χ0) is 16.6. The van der Waals surface area contributed by atoms with Crippen molar-refractivity contribution < 1.29 is 14.0 Å². The lowest BCUT2D eigenvalue weighted by molar-refractivity contribution is 0.101. The van der Waals surface area contributed by atoms with E-state index < -0.39 is 0 Å². The summed E-state index contributed by atoms with van der Waals surface area (Å²) in [7, 11) is 0. The van der Waals surface area contributed by atoms with Crippen LogP contribution in [-0.4, -0.2) is 11.6 Å². The number of fused-ring (bicyclic) bond motifs is 1.